The molecule has 0 aliphatic carbocycles. The van der Waals surface area contributed by atoms with Gasteiger partial charge in [-0.1, -0.05) is 0 Å². The van der Waals surface area contributed by atoms with Gasteiger partial charge in [-0.05, 0) is 0 Å². The zero-order chi connectivity index (χ0) is 11.4. The van der Waals surface area contributed by atoms with Crippen LogP contribution in [0.2, 0.25) is 0 Å². The molecule has 1 aromatic carbocycles. The second kappa shape index (κ2) is 4.70. The van der Waals surface area contributed by atoms with Gasteiger partial charge in [0.25, 0.3) is 5.69 Å². The molecule has 0 unspecified atom stereocenters. The highest BCUT2D eigenvalue weighted by molar-refractivity contribution is 6.28. The van der Waals surface area contributed by atoms with E-state index in [0.717, 1.165) is 18.2 Å². The maximum Gasteiger partial charge on any atom is 0.274 e. The first-order valence-corrected chi connectivity index (χ1v) is 4.40. The summed E-state index contributed by atoms with van der Waals surface area (Å²) < 4.78 is 12.9. The summed E-state index contributed by atoms with van der Waals surface area (Å²) >= 11 is 5.36. The number of hydrogen-bond donors (Lipinski definition) is 1. The molecule has 0 fully saturated rings. The summed E-state index contributed by atoms with van der Waals surface area (Å²) in [7, 11) is 0. The van der Waals surface area contributed by atoms with Crippen LogP contribution in [0.5, 0.6) is 0 Å². The van der Waals surface area contributed by atoms with E-state index in [1.54, 1.807) is 0 Å². The van der Waals surface area contributed by atoms with Gasteiger partial charge in [0.15, 0.2) is 0 Å². The van der Waals surface area contributed by atoms with E-state index in [9.17, 15) is 14.5 Å². The van der Waals surface area contributed by atoms with Gasteiger partial charge in [0.1, 0.15) is 11.7 Å². The van der Waals surface area contributed by atoms with Crippen LogP contribution in [-0.2, 0) is 0 Å². The van der Waals surface area contributed by atoms with Gasteiger partial charge in [-0.15, -0.1) is 11.6 Å². The maximum absolute atomic E-state index is 12.9. The minimum Gasteiger partial charge on any atom is -0.386 e. The smallest absolute Gasteiger partial charge is 0.274 e. The lowest BCUT2D eigenvalue weighted by atomic mass is 10.3. The Morgan fingerprint density at radius 1 is 1.60 bits per heavy atom. The second-order valence-electron chi connectivity index (χ2n) is 2.66. The molecule has 0 saturated heterocycles. The SMILES string of the molecule is NC(CCl)=Nc1cc(F)cc([N+](=O)[O-])c1. The molecule has 0 bridgehead atoms. The van der Waals surface area contributed by atoms with E-state index in [4.69, 9.17) is 17.3 Å². The van der Waals surface area contributed by atoms with Crippen LogP contribution in [-0.4, -0.2) is 16.6 Å². The van der Waals surface area contributed by atoms with Gasteiger partial charge in [0.05, 0.1) is 22.6 Å². The average molecular weight is 232 g/mol. The fourth-order valence-corrected chi connectivity index (χ4v) is 0.984. The number of hydrogen-bond acceptors (Lipinski definition) is 3. The number of aliphatic imine (C=N–C) groups is 1. The molecular weight excluding hydrogens is 225 g/mol. The van der Waals surface area contributed by atoms with E-state index in [1.807, 2.05) is 0 Å². The number of nitrogens with two attached hydrogens (primary N) is 1. The summed E-state index contributed by atoms with van der Waals surface area (Å²) in [5, 5.41) is 10.4. The first kappa shape index (κ1) is 11.4. The molecule has 0 aromatic heterocycles. The highest BCUT2D eigenvalue weighted by atomic mass is 35.5. The van der Waals surface area contributed by atoms with Crippen LogP contribution in [0, 0.1) is 15.9 Å². The first-order chi connectivity index (χ1) is 7.02. The number of nitro benzene ring substituents is 1. The number of benzene rings is 1. The molecule has 0 spiro atoms. The average Bonchev–Trinajstić information content (AvgIpc) is 2.16. The standard InChI is InChI=1S/C8H7ClFN3O2/c9-4-8(11)12-6-1-5(10)2-7(3-6)13(14)15/h1-3H,4H2,(H2,11,12). The van der Waals surface area contributed by atoms with Crippen molar-refractivity contribution < 1.29 is 9.31 Å². The predicted octanol–water partition coefficient (Wildman–Crippen LogP) is 1.96. The fourth-order valence-electron chi connectivity index (χ4n) is 0.925. The van der Waals surface area contributed by atoms with Crippen LogP contribution in [0.25, 0.3) is 0 Å². The molecule has 0 heterocycles. The largest absolute Gasteiger partial charge is 0.386 e. The van der Waals surface area contributed by atoms with Crippen molar-refractivity contribution in [3.8, 4) is 0 Å². The molecule has 0 radical (unpaired) electrons. The third-order valence-electron chi connectivity index (χ3n) is 1.49. The number of nitrogens with zero attached hydrogens (tertiary/aromatic N) is 2. The fraction of sp³-hybridized carbons (Fsp3) is 0.125. The van der Waals surface area contributed by atoms with Gasteiger partial charge in [0.2, 0.25) is 0 Å². The molecular formula is C8H7ClFN3O2. The summed E-state index contributed by atoms with van der Waals surface area (Å²) in [4.78, 5) is 13.4. The van der Waals surface area contributed by atoms with Gasteiger partial charge in [-0.25, -0.2) is 9.38 Å². The Morgan fingerprint density at radius 2 is 2.27 bits per heavy atom. The van der Waals surface area contributed by atoms with Gasteiger partial charge in [0, 0.05) is 12.1 Å². The van der Waals surface area contributed by atoms with Crippen LogP contribution in [0.4, 0.5) is 15.8 Å². The van der Waals surface area contributed by atoms with Crippen molar-refractivity contribution in [2.45, 2.75) is 0 Å². The van der Waals surface area contributed by atoms with Crippen LogP contribution >= 0.6 is 11.6 Å². The lowest BCUT2D eigenvalue weighted by molar-refractivity contribution is -0.385. The van der Waals surface area contributed by atoms with Crippen molar-refractivity contribution in [3.05, 3.63) is 34.1 Å². The predicted molar refractivity (Wildman–Crippen MR) is 55.1 cm³/mol. The van der Waals surface area contributed by atoms with Crippen LogP contribution in [0.15, 0.2) is 23.2 Å². The molecule has 2 N–H and O–H groups in total. The van der Waals surface area contributed by atoms with Crippen molar-refractivity contribution in [1.82, 2.24) is 0 Å². The van der Waals surface area contributed by atoms with Crippen molar-refractivity contribution in [1.29, 1.82) is 0 Å². The van der Waals surface area contributed by atoms with Crippen molar-refractivity contribution in [3.63, 3.8) is 0 Å². The van der Waals surface area contributed by atoms with Crippen LogP contribution in [0.3, 0.4) is 0 Å². The number of alkyl halides is 1. The molecule has 80 valence electrons. The molecule has 5 nitrogen and oxygen atoms in total. The number of halogens is 2. The lowest BCUT2D eigenvalue weighted by Gasteiger charge is -1.97. The van der Waals surface area contributed by atoms with Gasteiger partial charge < -0.3 is 5.73 Å². The Hall–Kier alpha value is -1.69. The molecule has 0 aliphatic heterocycles. The number of rotatable bonds is 3. The highest BCUT2D eigenvalue weighted by Gasteiger charge is 2.09. The molecule has 1 aromatic rings. The number of non-ortho nitro benzene ring substituents is 1. The zero-order valence-electron chi connectivity index (χ0n) is 7.48. The highest BCUT2D eigenvalue weighted by Crippen LogP contribution is 2.22. The lowest BCUT2D eigenvalue weighted by Crippen LogP contribution is -2.12. The van der Waals surface area contributed by atoms with E-state index in [0.29, 0.717) is 0 Å². The summed E-state index contributed by atoms with van der Waals surface area (Å²) in [5.41, 5.74) is 5.00. The number of amidine groups is 1. The molecule has 0 saturated carbocycles. The third-order valence-corrected chi connectivity index (χ3v) is 1.76. The normalized spacial score (nSPS) is 11.5. The summed E-state index contributed by atoms with van der Waals surface area (Å²) in [6.07, 6.45) is 0. The minimum absolute atomic E-state index is 0.0235. The van der Waals surface area contributed by atoms with Crippen LogP contribution in [0.1, 0.15) is 0 Å². The molecule has 0 amide bonds. The molecule has 7 heteroatoms. The molecule has 0 aliphatic rings. The quantitative estimate of drug-likeness (QED) is 0.284. The summed E-state index contributed by atoms with van der Waals surface area (Å²) in [5.74, 6) is -0.702. The Morgan fingerprint density at radius 3 is 2.80 bits per heavy atom. The maximum atomic E-state index is 12.9. The van der Waals surface area contributed by atoms with E-state index in [-0.39, 0.29) is 23.1 Å². The van der Waals surface area contributed by atoms with Crippen molar-refractivity contribution in [2.75, 3.05) is 5.88 Å². The number of nitro groups is 1. The monoisotopic (exact) mass is 231 g/mol. The Bertz CT molecular complexity index is 422. The van der Waals surface area contributed by atoms with E-state index in [1.165, 1.54) is 0 Å². The minimum atomic E-state index is -0.745. The molecule has 0 atom stereocenters. The van der Waals surface area contributed by atoms with Gasteiger partial charge in [-0.3, -0.25) is 10.1 Å². The Labute approximate surface area is 89.5 Å². The van der Waals surface area contributed by atoms with E-state index in [2.05, 4.69) is 4.99 Å². The molecule has 1 rings (SSSR count). The van der Waals surface area contributed by atoms with Crippen molar-refractivity contribution in [2.24, 2.45) is 10.7 Å². The Balaban J connectivity index is 3.15. The topological polar surface area (TPSA) is 81.5 Å². The van der Waals surface area contributed by atoms with Gasteiger partial charge in [-0.2, -0.15) is 0 Å². The van der Waals surface area contributed by atoms with Gasteiger partial charge >= 0.3 is 0 Å². The van der Waals surface area contributed by atoms with E-state index < -0.39 is 10.7 Å². The van der Waals surface area contributed by atoms with Crippen molar-refractivity contribution >= 4 is 28.8 Å². The summed E-state index contributed by atoms with van der Waals surface area (Å²) in [6, 6.07) is 2.95. The van der Waals surface area contributed by atoms with E-state index >= 15 is 0 Å². The third kappa shape index (κ3) is 3.17. The molecule has 15 heavy (non-hydrogen) atoms. The first-order valence-electron chi connectivity index (χ1n) is 3.87. The van der Waals surface area contributed by atoms with Crippen LogP contribution < -0.4 is 5.73 Å². The second-order valence-corrected chi connectivity index (χ2v) is 2.93. The zero-order valence-corrected chi connectivity index (χ0v) is 8.24. The Kier molecular flexibility index (Phi) is 3.56. The summed E-state index contributed by atoms with van der Waals surface area (Å²) in [6.45, 7) is 0.